The smallest absolute Gasteiger partial charge is 0.276 e. The molecule has 2 rings (SSSR count). The second-order valence-corrected chi connectivity index (χ2v) is 2.57. The van der Waals surface area contributed by atoms with Gasteiger partial charge in [0.15, 0.2) is 0 Å². The van der Waals surface area contributed by atoms with Gasteiger partial charge in [0.05, 0.1) is 5.56 Å². The summed E-state index contributed by atoms with van der Waals surface area (Å²) >= 11 is 0. The minimum absolute atomic E-state index is 0.255. The van der Waals surface area contributed by atoms with E-state index in [-0.39, 0.29) is 17.5 Å². The molecule has 0 atom stereocenters. The molecule has 1 aromatic rings. The molecule has 4 nitrogen and oxygen atoms in total. The summed E-state index contributed by atoms with van der Waals surface area (Å²) in [5, 5.41) is 0. The second-order valence-electron chi connectivity index (χ2n) is 2.57. The number of nitrogens with zero attached hydrogens (tertiary/aromatic N) is 2. The van der Waals surface area contributed by atoms with Crippen LogP contribution in [0.5, 0.6) is 0 Å². The van der Waals surface area contributed by atoms with Crippen LogP contribution in [0.2, 0.25) is 0 Å². The fourth-order valence-corrected chi connectivity index (χ4v) is 1.18. The molecule has 0 saturated heterocycles. The predicted octanol–water partition coefficient (Wildman–Crippen LogP) is 1.33. The molecule has 74 valence electrons. The highest BCUT2D eigenvalue weighted by Crippen LogP contribution is 2.17. The topological polar surface area (TPSA) is 50.3 Å². The Balaban J connectivity index is 0.000000461. The first-order chi connectivity index (χ1) is 6.72. The van der Waals surface area contributed by atoms with Crippen molar-refractivity contribution < 1.29 is 9.59 Å². The monoisotopic (exact) mass is 192 g/mol. The van der Waals surface area contributed by atoms with Crippen LogP contribution in [0, 0.1) is 0 Å². The van der Waals surface area contributed by atoms with Crippen molar-refractivity contribution in [2.75, 3.05) is 7.05 Å². The van der Waals surface area contributed by atoms with Crippen LogP contribution in [-0.2, 0) is 0 Å². The summed E-state index contributed by atoms with van der Waals surface area (Å²) in [6.45, 7) is 4.00. The lowest BCUT2D eigenvalue weighted by atomic mass is 10.2. The largest absolute Gasteiger partial charge is 0.279 e. The molecule has 0 aromatic carbocycles. The van der Waals surface area contributed by atoms with Crippen LogP contribution in [0.1, 0.15) is 34.7 Å². The molecule has 0 radical (unpaired) electrons. The first kappa shape index (κ1) is 10.4. The Hall–Kier alpha value is -1.71. The summed E-state index contributed by atoms with van der Waals surface area (Å²) in [4.78, 5) is 27.4. The summed E-state index contributed by atoms with van der Waals surface area (Å²) < 4.78 is 0. The number of rotatable bonds is 0. The number of aromatic nitrogens is 1. The van der Waals surface area contributed by atoms with E-state index in [9.17, 15) is 9.59 Å². The van der Waals surface area contributed by atoms with Gasteiger partial charge in [0.25, 0.3) is 11.8 Å². The van der Waals surface area contributed by atoms with E-state index in [0.29, 0.717) is 5.56 Å². The Morgan fingerprint density at radius 1 is 1.21 bits per heavy atom. The minimum atomic E-state index is -0.324. The van der Waals surface area contributed by atoms with Crippen molar-refractivity contribution in [3.05, 3.63) is 29.6 Å². The quantitative estimate of drug-likeness (QED) is 0.583. The molecular formula is C10H12N2O2. The van der Waals surface area contributed by atoms with E-state index in [1.807, 2.05) is 13.8 Å². The first-order valence-electron chi connectivity index (χ1n) is 4.49. The maximum atomic E-state index is 11.3. The lowest BCUT2D eigenvalue weighted by molar-refractivity contribution is 0.0691. The number of fused-ring (bicyclic) bond motifs is 1. The molecule has 0 bridgehead atoms. The van der Waals surface area contributed by atoms with Gasteiger partial charge < -0.3 is 0 Å². The SMILES string of the molecule is CC.CN1C(=O)c2cccnc2C1=O. The Morgan fingerprint density at radius 2 is 1.86 bits per heavy atom. The predicted molar refractivity (Wildman–Crippen MR) is 52.0 cm³/mol. The van der Waals surface area contributed by atoms with E-state index in [4.69, 9.17) is 0 Å². The van der Waals surface area contributed by atoms with E-state index in [0.717, 1.165) is 4.90 Å². The van der Waals surface area contributed by atoms with Gasteiger partial charge >= 0.3 is 0 Å². The van der Waals surface area contributed by atoms with Gasteiger partial charge in [-0.3, -0.25) is 19.5 Å². The van der Waals surface area contributed by atoms with Crippen LogP contribution in [-0.4, -0.2) is 28.7 Å². The van der Waals surface area contributed by atoms with Gasteiger partial charge in [0.2, 0.25) is 0 Å². The van der Waals surface area contributed by atoms with Crippen LogP contribution in [0.25, 0.3) is 0 Å². The third-order valence-corrected chi connectivity index (χ3v) is 1.85. The summed E-state index contributed by atoms with van der Waals surface area (Å²) in [7, 11) is 1.45. The normalized spacial score (nSPS) is 13.5. The molecule has 0 unspecified atom stereocenters. The average molecular weight is 192 g/mol. The molecule has 1 aromatic heterocycles. The average Bonchev–Trinajstić information content (AvgIpc) is 2.48. The van der Waals surface area contributed by atoms with Gasteiger partial charge in [-0.2, -0.15) is 0 Å². The Bertz CT molecular complexity index is 339. The van der Waals surface area contributed by atoms with Crippen molar-refractivity contribution in [2.45, 2.75) is 13.8 Å². The van der Waals surface area contributed by atoms with Crippen LogP contribution >= 0.6 is 0 Å². The molecule has 2 heterocycles. The Kier molecular flexibility index (Phi) is 2.96. The number of amides is 2. The van der Waals surface area contributed by atoms with Crippen LogP contribution in [0.4, 0.5) is 0 Å². The van der Waals surface area contributed by atoms with E-state index < -0.39 is 0 Å². The summed E-state index contributed by atoms with van der Waals surface area (Å²) in [5.74, 6) is -0.598. The maximum absolute atomic E-state index is 11.3. The molecule has 0 fully saturated rings. The zero-order chi connectivity index (χ0) is 10.7. The molecule has 0 spiro atoms. The van der Waals surface area contributed by atoms with E-state index >= 15 is 0 Å². The van der Waals surface area contributed by atoms with Crippen LogP contribution < -0.4 is 0 Å². The molecule has 4 heteroatoms. The Labute approximate surface area is 82.6 Å². The molecule has 1 aliphatic heterocycles. The Morgan fingerprint density at radius 3 is 2.43 bits per heavy atom. The van der Waals surface area contributed by atoms with Gasteiger partial charge in [-0.15, -0.1) is 0 Å². The van der Waals surface area contributed by atoms with Gasteiger partial charge in [-0.25, -0.2) is 0 Å². The van der Waals surface area contributed by atoms with Crippen LogP contribution in [0.3, 0.4) is 0 Å². The van der Waals surface area contributed by atoms with Crippen molar-refractivity contribution in [1.82, 2.24) is 9.88 Å². The molecular weight excluding hydrogens is 180 g/mol. The highest BCUT2D eigenvalue weighted by Gasteiger charge is 2.33. The molecule has 1 aliphatic rings. The highest BCUT2D eigenvalue weighted by molar-refractivity contribution is 6.20. The number of pyridine rings is 1. The van der Waals surface area contributed by atoms with Gasteiger partial charge in [0, 0.05) is 13.2 Å². The number of imide groups is 1. The fraction of sp³-hybridized carbons (Fsp3) is 0.300. The van der Waals surface area contributed by atoms with Crippen molar-refractivity contribution in [3.63, 3.8) is 0 Å². The molecule has 2 amide bonds. The van der Waals surface area contributed by atoms with Crippen LogP contribution in [0.15, 0.2) is 18.3 Å². The molecule has 0 N–H and O–H groups in total. The maximum Gasteiger partial charge on any atom is 0.279 e. The van der Waals surface area contributed by atoms with Crippen molar-refractivity contribution >= 4 is 11.8 Å². The molecule has 0 aliphatic carbocycles. The lowest BCUT2D eigenvalue weighted by Gasteiger charge is -2.01. The fourth-order valence-electron chi connectivity index (χ4n) is 1.18. The third kappa shape index (κ3) is 1.39. The number of hydrogen-bond donors (Lipinski definition) is 0. The third-order valence-electron chi connectivity index (χ3n) is 1.85. The van der Waals surface area contributed by atoms with Gasteiger partial charge in [0.1, 0.15) is 5.69 Å². The van der Waals surface area contributed by atoms with Gasteiger partial charge in [-0.1, -0.05) is 13.8 Å². The number of carbonyl (C=O) groups excluding carboxylic acids is 2. The minimum Gasteiger partial charge on any atom is -0.276 e. The van der Waals surface area contributed by atoms with Crippen molar-refractivity contribution in [2.24, 2.45) is 0 Å². The van der Waals surface area contributed by atoms with Gasteiger partial charge in [-0.05, 0) is 12.1 Å². The molecule has 0 saturated carbocycles. The second kappa shape index (κ2) is 4.00. The lowest BCUT2D eigenvalue weighted by Crippen LogP contribution is -2.24. The van der Waals surface area contributed by atoms with E-state index in [1.54, 1.807) is 12.1 Å². The zero-order valence-electron chi connectivity index (χ0n) is 8.44. The van der Waals surface area contributed by atoms with Crippen molar-refractivity contribution in [3.8, 4) is 0 Å². The standard InChI is InChI=1S/C8H6N2O2.C2H6/c1-10-7(11)5-3-2-4-9-6(5)8(10)12;1-2/h2-4H,1H3;1-2H3. The van der Waals surface area contributed by atoms with E-state index in [1.165, 1.54) is 13.2 Å². The first-order valence-corrected chi connectivity index (χ1v) is 4.49. The van der Waals surface area contributed by atoms with E-state index in [2.05, 4.69) is 4.98 Å². The number of carbonyl (C=O) groups is 2. The molecule has 14 heavy (non-hydrogen) atoms. The summed E-state index contributed by atoms with van der Waals surface area (Å²) in [6.07, 6.45) is 1.50. The summed E-state index contributed by atoms with van der Waals surface area (Å²) in [6, 6.07) is 3.25. The zero-order valence-corrected chi connectivity index (χ0v) is 8.44. The highest BCUT2D eigenvalue weighted by atomic mass is 16.2. The summed E-state index contributed by atoms with van der Waals surface area (Å²) in [5.41, 5.74) is 0.648. The van der Waals surface area contributed by atoms with Crippen molar-refractivity contribution in [1.29, 1.82) is 0 Å². The number of hydrogen-bond acceptors (Lipinski definition) is 3.